The maximum atomic E-state index is 9.76. The van der Waals surface area contributed by atoms with Gasteiger partial charge in [0.1, 0.15) is 5.69 Å². The Balaban J connectivity index is 0.000000182. The van der Waals surface area contributed by atoms with E-state index in [1.54, 1.807) is 24.3 Å². The third-order valence-corrected chi connectivity index (χ3v) is 2.60. The molecule has 2 aromatic rings. The van der Waals surface area contributed by atoms with Crippen LogP contribution in [0.4, 0.5) is 5.69 Å². The average Bonchev–Trinajstić information content (AvgIpc) is 3.23. The minimum absolute atomic E-state index is 0.332. The van der Waals surface area contributed by atoms with Gasteiger partial charge in [-0.05, 0) is 36.7 Å². The van der Waals surface area contributed by atoms with E-state index in [1.165, 1.54) is 6.42 Å². The zero-order valence-electron chi connectivity index (χ0n) is 11.8. The van der Waals surface area contributed by atoms with Crippen molar-refractivity contribution < 1.29 is 0 Å². The van der Waals surface area contributed by atoms with Gasteiger partial charge in [0.25, 0.3) is 0 Å². The number of aromatic nitrogens is 4. The number of tetrazole rings is 1. The van der Waals surface area contributed by atoms with Gasteiger partial charge in [0.2, 0.25) is 0 Å². The predicted octanol–water partition coefficient (Wildman–Crippen LogP) is 2.73. The van der Waals surface area contributed by atoms with Gasteiger partial charge in [0.15, 0.2) is 5.82 Å². The number of nitrogens with one attached hydrogen (secondary N) is 2. The van der Waals surface area contributed by atoms with Crippen LogP contribution in [-0.4, -0.2) is 27.2 Å². The number of H-pyrrole nitrogens is 1. The summed E-state index contributed by atoms with van der Waals surface area (Å²) in [5.41, 5.74) is 0.479. The van der Waals surface area contributed by atoms with Crippen molar-refractivity contribution in [2.24, 2.45) is 5.18 Å². The zero-order valence-corrected chi connectivity index (χ0v) is 11.8. The van der Waals surface area contributed by atoms with E-state index in [-0.39, 0.29) is 0 Å². The second-order valence-electron chi connectivity index (χ2n) is 3.85. The molecule has 20 heavy (non-hydrogen) atoms. The number of rotatable bonds is 2. The minimum Gasteiger partial charge on any atom is -0.307 e. The smallest absolute Gasteiger partial charge is 0.191 e. The van der Waals surface area contributed by atoms with Gasteiger partial charge in [-0.1, -0.05) is 37.3 Å². The molecule has 2 heterocycles. The fraction of sp³-hybridized carbons (Fsp3) is 0.462. The lowest BCUT2D eigenvalue weighted by molar-refractivity contribution is 0.606. The molecule has 2 N–H and O–H groups in total. The van der Waals surface area contributed by atoms with Gasteiger partial charge in [-0.25, -0.2) is 0 Å². The van der Waals surface area contributed by atoms with Crippen LogP contribution in [0.5, 0.6) is 0 Å². The Kier molecular flexibility index (Phi) is 7.74. The van der Waals surface area contributed by atoms with Crippen molar-refractivity contribution >= 4 is 5.69 Å². The van der Waals surface area contributed by atoms with Crippen molar-refractivity contribution in [3.8, 4) is 0 Å². The van der Waals surface area contributed by atoms with E-state index in [4.69, 9.17) is 0 Å². The zero-order chi connectivity index (χ0) is 14.6. The first-order chi connectivity index (χ1) is 9.90. The molecule has 108 valence electrons. The van der Waals surface area contributed by atoms with Crippen molar-refractivity contribution in [3.05, 3.63) is 41.1 Å². The Morgan fingerprint density at radius 3 is 2.45 bits per heavy atom. The molecular weight excluding hydrogens is 256 g/mol. The molecule has 1 aliphatic heterocycles. The monoisotopic (exact) mass is 276 g/mol. The molecule has 0 spiro atoms. The van der Waals surface area contributed by atoms with Crippen LogP contribution in [0.25, 0.3) is 0 Å². The molecule has 0 bridgehead atoms. The van der Waals surface area contributed by atoms with Crippen LogP contribution in [0.1, 0.15) is 38.6 Å². The molecule has 1 saturated heterocycles. The minimum atomic E-state index is 0.332. The fourth-order valence-corrected chi connectivity index (χ4v) is 1.71. The normalized spacial score (nSPS) is 16.4. The summed E-state index contributed by atoms with van der Waals surface area (Å²) in [5, 5.41) is 19.7. The van der Waals surface area contributed by atoms with E-state index in [2.05, 4.69) is 31.1 Å². The number of benzene rings is 1. The van der Waals surface area contributed by atoms with Crippen LogP contribution in [0.15, 0.2) is 35.5 Å². The van der Waals surface area contributed by atoms with Crippen LogP contribution in [0.3, 0.4) is 0 Å². The summed E-state index contributed by atoms with van der Waals surface area (Å²) in [7, 11) is 0. The molecule has 3 rings (SSSR count). The Bertz CT molecular complexity index is 453. The van der Waals surface area contributed by atoms with Gasteiger partial charge >= 0.3 is 0 Å². The van der Waals surface area contributed by atoms with Crippen LogP contribution >= 0.6 is 0 Å². The number of nitrogens with zero attached hydrogens (tertiary/aromatic N) is 4. The molecule has 1 aromatic heterocycles. The largest absolute Gasteiger partial charge is 0.307 e. The third-order valence-electron chi connectivity index (χ3n) is 2.60. The quantitative estimate of drug-likeness (QED) is 0.822. The first-order valence-electron chi connectivity index (χ1n) is 6.75. The molecule has 0 radical (unpaired) electrons. The van der Waals surface area contributed by atoms with E-state index in [0.29, 0.717) is 11.7 Å². The molecule has 7 nitrogen and oxygen atoms in total. The van der Waals surface area contributed by atoms with Gasteiger partial charge in [-0.15, -0.1) is 15.1 Å². The van der Waals surface area contributed by atoms with Crippen molar-refractivity contribution in [2.75, 3.05) is 6.54 Å². The van der Waals surface area contributed by atoms with E-state index in [9.17, 15) is 4.91 Å². The highest BCUT2D eigenvalue weighted by molar-refractivity contribution is 5.34. The standard InChI is InChI=1S/C6H5NO.C5H9N5.C2H6/c8-7-6-4-2-1-3-5-6;1-2-4(6-3-1)5-7-9-10-8-5;1-2/h1-5H;4,6H,1-3H2,(H,7,8,9,10);1-2H3/t;4-;/m.0./s1. The summed E-state index contributed by atoms with van der Waals surface area (Å²) in [4.78, 5) is 9.76. The molecule has 1 aliphatic rings. The summed E-state index contributed by atoms with van der Waals surface area (Å²) in [5.74, 6) is 0.789. The first-order valence-corrected chi connectivity index (χ1v) is 6.75. The lowest BCUT2D eigenvalue weighted by Crippen LogP contribution is -2.14. The highest BCUT2D eigenvalue weighted by Crippen LogP contribution is 2.17. The summed E-state index contributed by atoms with van der Waals surface area (Å²) in [6, 6.07) is 9.04. The Hall–Kier alpha value is -2.15. The average molecular weight is 276 g/mol. The second-order valence-corrected chi connectivity index (χ2v) is 3.85. The number of hydrogen-bond donors (Lipinski definition) is 2. The topological polar surface area (TPSA) is 95.9 Å². The third kappa shape index (κ3) is 5.23. The summed E-state index contributed by atoms with van der Waals surface area (Å²) in [6.07, 6.45) is 2.33. The van der Waals surface area contributed by atoms with Gasteiger partial charge in [0, 0.05) is 0 Å². The first kappa shape index (κ1) is 15.9. The molecule has 0 amide bonds. The number of nitroso groups, excluding NO2 is 1. The Morgan fingerprint density at radius 1 is 1.25 bits per heavy atom. The van der Waals surface area contributed by atoms with E-state index in [0.717, 1.165) is 18.8 Å². The SMILES string of the molecule is C1CN[C@H](c2nn[nH]n2)C1.CC.O=Nc1ccccc1. The molecule has 0 saturated carbocycles. The van der Waals surface area contributed by atoms with E-state index < -0.39 is 0 Å². The highest BCUT2D eigenvalue weighted by Gasteiger charge is 2.19. The summed E-state index contributed by atoms with van der Waals surface area (Å²) in [6.45, 7) is 5.07. The molecule has 1 atom stereocenters. The van der Waals surface area contributed by atoms with Crippen molar-refractivity contribution in [1.82, 2.24) is 25.9 Å². The molecule has 0 unspecified atom stereocenters. The maximum absolute atomic E-state index is 9.76. The van der Waals surface area contributed by atoms with Gasteiger partial charge in [-0.3, -0.25) is 0 Å². The van der Waals surface area contributed by atoms with Gasteiger partial charge in [-0.2, -0.15) is 5.21 Å². The molecule has 7 heteroatoms. The maximum Gasteiger partial charge on any atom is 0.191 e. The fourth-order valence-electron chi connectivity index (χ4n) is 1.71. The van der Waals surface area contributed by atoms with Crippen molar-refractivity contribution in [2.45, 2.75) is 32.7 Å². The molecule has 1 fully saturated rings. The number of hydrogen-bond acceptors (Lipinski definition) is 6. The van der Waals surface area contributed by atoms with Gasteiger partial charge < -0.3 is 5.32 Å². The summed E-state index contributed by atoms with van der Waals surface area (Å²) >= 11 is 0. The molecule has 1 aromatic carbocycles. The van der Waals surface area contributed by atoms with Crippen LogP contribution in [0.2, 0.25) is 0 Å². The van der Waals surface area contributed by atoms with Crippen molar-refractivity contribution in [3.63, 3.8) is 0 Å². The second kappa shape index (κ2) is 9.74. The van der Waals surface area contributed by atoms with Crippen LogP contribution in [-0.2, 0) is 0 Å². The highest BCUT2D eigenvalue weighted by atomic mass is 16.3. The summed E-state index contributed by atoms with van der Waals surface area (Å²) < 4.78 is 0. The Labute approximate surface area is 118 Å². The lowest BCUT2D eigenvalue weighted by Gasteiger charge is -2.00. The lowest BCUT2D eigenvalue weighted by atomic mass is 10.2. The molecular formula is C13H20N6O. The number of aromatic amines is 1. The Morgan fingerprint density at radius 2 is 2.00 bits per heavy atom. The van der Waals surface area contributed by atoms with E-state index in [1.807, 2.05) is 19.9 Å². The van der Waals surface area contributed by atoms with Crippen LogP contribution < -0.4 is 5.32 Å². The molecule has 0 aliphatic carbocycles. The van der Waals surface area contributed by atoms with Crippen molar-refractivity contribution in [1.29, 1.82) is 0 Å². The van der Waals surface area contributed by atoms with Crippen LogP contribution in [0, 0.1) is 4.91 Å². The predicted molar refractivity (Wildman–Crippen MR) is 77.4 cm³/mol. The van der Waals surface area contributed by atoms with E-state index >= 15 is 0 Å². The van der Waals surface area contributed by atoms with Gasteiger partial charge in [0.05, 0.1) is 6.04 Å².